The molecule has 5 heteroatoms. The van der Waals surface area contributed by atoms with Crippen molar-refractivity contribution < 1.29 is 9.31 Å². The first-order chi connectivity index (χ1) is 8.98. The summed E-state index contributed by atoms with van der Waals surface area (Å²) in [5, 5.41) is 4.70. The van der Waals surface area contributed by atoms with Crippen molar-refractivity contribution >= 4 is 12.6 Å². The van der Waals surface area contributed by atoms with E-state index in [1.165, 1.54) is 0 Å². The van der Waals surface area contributed by atoms with E-state index in [1.54, 1.807) is 0 Å². The van der Waals surface area contributed by atoms with Gasteiger partial charge in [-0.05, 0) is 54.9 Å². The number of hydrogen-bond acceptors (Lipinski definition) is 3. The fourth-order valence-electron chi connectivity index (χ4n) is 2.21. The molecule has 0 aliphatic carbocycles. The highest BCUT2D eigenvalue weighted by Gasteiger charge is 2.52. The molecule has 0 aromatic carbocycles. The van der Waals surface area contributed by atoms with Crippen molar-refractivity contribution in [2.75, 3.05) is 0 Å². The molecule has 112 valence electrons. The van der Waals surface area contributed by atoms with Crippen molar-refractivity contribution in [3.8, 4) is 0 Å². The highest BCUT2D eigenvalue weighted by Crippen LogP contribution is 2.36. The Morgan fingerprint density at radius 1 is 1.15 bits per heavy atom. The van der Waals surface area contributed by atoms with Gasteiger partial charge in [0, 0.05) is 11.7 Å². The largest absolute Gasteiger partial charge is 0.498 e. The standard InChI is InChI=1S/C15H27BN2O2/c1-9-12-11(10-18(17-12)13(2,3)4)16-19-14(5,6)15(7,8)20-16/h10H,9H2,1-8H3. The molecule has 1 aliphatic heterocycles. The quantitative estimate of drug-likeness (QED) is 0.780. The Labute approximate surface area is 123 Å². The molecular formula is C15H27BN2O2. The number of nitrogens with zero attached hydrogens (tertiary/aromatic N) is 2. The molecule has 1 saturated heterocycles. The van der Waals surface area contributed by atoms with E-state index in [0.717, 1.165) is 17.6 Å². The Morgan fingerprint density at radius 3 is 2.05 bits per heavy atom. The summed E-state index contributed by atoms with van der Waals surface area (Å²) in [6.07, 6.45) is 2.95. The smallest absolute Gasteiger partial charge is 0.399 e. The third kappa shape index (κ3) is 2.53. The van der Waals surface area contributed by atoms with Gasteiger partial charge in [0.05, 0.1) is 22.4 Å². The van der Waals surface area contributed by atoms with Crippen molar-refractivity contribution in [1.29, 1.82) is 0 Å². The molecule has 0 radical (unpaired) electrons. The van der Waals surface area contributed by atoms with Crippen LogP contribution in [0.25, 0.3) is 0 Å². The third-order valence-corrected chi connectivity index (χ3v) is 4.35. The van der Waals surface area contributed by atoms with Crippen LogP contribution >= 0.6 is 0 Å². The number of rotatable bonds is 2. The minimum absolute atomic E-state index is 0.0359. The summed E-state index contributed by atoms with van der Waals surface area (Å²) in [5.41, 5.74) is 1.45. The highest BCUT2D eigenvalue weighted by atomic mass is 16.7. The van der Waals surface area contributed by atoms with Crippen LogP contribution in [-0.4, -0.2) is 28.1 Å². The zero-order valence-electron chi connectivity index (χ0n) is 14.1. The lowest BCUT2D eigenvalue weighted by Gasteiger charge is -2.32. The molecule has 1 aliphatic rings. The van der Waals surface area contributed by atoms with E-state index >= 15 is 0 Å². The lowest BCUT2D eigenvalue weighted by molar-refractivity contribution is 0.00578. The maximum Gasteiger partial charge on any atom is 0.498 e. The molecule has 0 amide bonds. The Bertz CT molecular complexity index is 484. The molecule has 0 unspecified atom stereocenters. The van der Waals surface area contributed by atoms with Gasteiger partial charge in [-0.25, -0.2) is 0 Å². The second kappa shape index (κ2) is 4.60. The first-order valence-corrected chi connectivity index (χ1v) is 7.42. The summed E-state index contributed by atoms with van der Waals surface area (Å²) in [6, 6.07) is 0. The SMILES string of the molecule is CCc1nn(C(C)(C)C)cc1B1OC(C)(C)C(C)(C)O1. The van der Waals surface area contributed by atoms with Gasteiger partial charge in [-0.1, -0.05) is 6.92 Å². The van der Waals surface area contributed by atoms with Gasteiger partial charge in [0.2, 0.25) is 0 Å². The number of hydrogen-bond donors (Lipinski definition) is 0. The van der Waals surface area contributed by atoms with Gasteiger partial charge >= 0.3 is 7.12 Å². The zero-order chi connectivity index (χ0) is 15.3. The summed E-state index contributed by atoms with van der Waals surface area (Å²) < 4.78 is 14.3. The molecule has 2 heterocycles. The summed E-state index contributed by atoms with van der Waals surface area (Å²) in [4.78, 5) is 0. The lowest BCUT2D eigenvalue weighted by Crippen LogP contribution is -2.41. The molecule has 1 fully saturated rings. The lowest BCUT2D eigenvalue weighted by atomic mass is 9.79. The van der Waals surface area contributed by atoms with Crippen LogP contribution in [-0.2, 0) is 21.3 Å². The van der Waals surface area contributed by atoms with Crippen LogP contribution in [0.5, 0.6) is 0 Å². The molecule has 0 N–H and O–H groups in total. The van der Waals surface area contributed by atoms with Crippen molar-refractivity contribution in [2.45, 2.75) is 78.6 Å². The van der Waals surface area contributed by atoms with E-state index < -0.39 is 0 Å². The van der Waals surface area contributed by atoms with E-state index in [4.69, 9.17) is 14.4 Å². The van der Waals surface area contributed by atoms with Crippen LogP contribution in [0, 0.1) is 0 Å². The molecular weight excluding hydrogens is 251 g/mol. The Kier molecular flexibility index (Phi) is 3.58. The van der Waals surface area contributed by atoms with Crippen LogP contribution in [0.2, 0.25) is 0 Å². The summed E-state index contributed by atoms with van der Waals surface area (Å²) in [6.45, 7) is 16.9. The fourth-order valence-corrected chi connectivity index (χ4v) is 2.21. The molecule has 20 heavy (non-hydrogen) atoms. The molecule has 1 aromatic heterocycles. The Morgan fingerprint density at radius 2 is 1.65 bits per heavy atom. The van der Waals surface area contributed by atoms with Crippen molar-refractivity contribution in [2.24, 2.45) is 0 Å². The summed E-state index contributed by atoms with van der Waals surface area (Å²) in [5.74, 6) is 0. The first-order valence-electron chi connectivity index (χ1n) is 7.42. The van der Waals surface area contributed by atoms with E-state index in [9.17, 15) is 0 Å². The van der Waals surface area contributed by atoms with Crippen LogP contribution in [0.1, 0.15) is 61.1 Å². The average Bonchev–Trinajstić information content (AvgIpc) is 2.77. The molecule has 2 rings (SSSR count). The molecule has 4 nitrogen and oxygen atoms in total. The monoisotopic (exact) mass is 278 g/mol. The van der Waals surface area contributed by atoms with Gasteiger partial charge in [0.25, 0.3) is 0 Å². The molecule has 0 bridgehead atoms. The molecule has 0 atom stereocenters. The van der Waals surface area contributed by atoms with Crippen molar-refractivity contribution in [3.63, 3.8) is 0 Å². The third-order valence-electron chi connectivity index (χ3n) is 4.35. The van der Waals surface area contributed by atoms with E-state index in [0.29, 0.717) is 0 Å². The predicted molar refractivity (Wildman–Crippen MR) is 82.3 cm³/mol. The zero-order valence-corrected chi connectivity index (χ0v) is 14.1. The first kappa shape index (κ1) is 15.6. The van der Waals surface area contributed by atoms with E-state index in [1.807, 2.05) is 4.68 Å². The van der Waals surface area contributed by atoms with Crippen LogP contribution in [0.3, 0.4) is 0 Å². The van der Waals surface area contributed by atoms with Gasteiger partial charge in [0.1, 0.15) is 0 Å². The van der Waals surface area contributed by atoms with Crippen LogP contribution in [0.4, 0.5) is 0 Å². The molecule has 0 spiro atoms. The second-order valence-corrected chi connectivity index (χ2v) is 7.59. The maximum absolute atomic E-state index is 6.14. The van der Waals surface area contributed by atoms with Gasteiger partial charge in [-0.2, -0.15) is 5.10 Å². The van der Waals surface area contributed by atoms with Gasteiger partial charge in [-0.15, -0.1) is 0 Å². The summed E-state index contributed by atoms with van der Waals surface area (Å²) in [7, 11) is -0.328. The predicted octanol–water partition coefficient (Wildman–Crippen LogP) is 2.50. The minimum atomic E-state index is -0.328. The Balaban J connectivity index is 2.37. The summed E-state index contributed by atoms with van der Waals surface area (Å²) >= 11 is 0. The highest BCUT2D eigenvalue weighted by molar-refractivity contribution is 6.62. The van der Waals surface area contributed by atoms with E-state index in [-0.39, 0.29) is 23.9 Å². The molecule has 1 aromatic rings. The van der Waals surface area contributed by atoms with Crippen molar-refractivity contribution in [3.05, 3.63) is 11.9 Å². The van der Waals surface area contributed by atoms with Gasteiger partial charge in [-0.3, -0.25) is 4.68 Å². The fraction of sp³-hybridized carbons (Fsp3) is 0.800. The van der Waals surface area contributed by atoms with Gasteiger partial charge in [0.15, 0.2) is 0 Å². The second-order valence-electron chi connectivity index (χ2n) is 7.59. The van der Waals surface area contributed by atoms with E-state index in [2.05, 4.69) is 61.6 Å². The minimum Gasteiger partial charge on any atom is -0.399 e. The van der Waals surface area contributed by atoms with Crippen LogP contribution < -0.4 is 5.46 Å². The Hall–Kier alpha value is -0.805. The maximum atomic E-state index is 6.14. The normalized spacial score (nSPS) is 21.5. The topological polar surface area (TPSA) is 36.3 Å². The van der Waals surface area contributed by atoms with Crippen LogP contribution in [0.15, 0.2) is 6.20 Å². The number of aryl methyl sites for hydroxylation is 1. The molecule has 0 saturated carbocycles. The van der Waals surface area contributed by atoms with Crippen molar-refractivity contribution in [1.82, 2.24) is 9.78 Å². The number of aromatic nitrogens is 2. The average molecular weight is 278 g/mol. The van der Waals surface area contributed by atoms with Gasteiger partial charge < -0.3 is 9.31 Å².